The maximum absolute atomic E-state index is 12.7. The minimum atomic E-state index is -0.244. The van der Waals surface area contributed by atoms with E-state index in [0.717, 1.165) is 57.9 Å². The van der Waals surface area contributed by atoms with Crippen LogP contribution in [-0.4, -0.2) is 41.7 Å². The van der Waals surface area contributed by atoms with Gasteiger partial charge in [-0.3, -0.25) is 19.6 Å². The number of carbonyl (C=O) groups excluding carboxylic acids is 1. The third-order valence-corrected chi connectivity index (χ3v) is 6.73. The molecule has 8 nitrogen and oxygen atoms in total. The number of aromatic nitrogens is 5. The molecule has 1 fully saturated rings. The lowest BCUT2D eigenvalue weighted by atomic mass is 10.0. The molecule has 1 atom stereocenters. The van der Waals surface area contributed by atoms with Crippen molar-refractivity contribution in [2.24, 2.45) is 0 Å². The largest absolute Gasteiger partial charge is 0.338 e. The van der Waals surface area contributed by atoms with E-state index in [1.807, 2.05) is 38.4 Å². The second-order valence-corrected chi connectivity index (χ2v) is 9.06. The predicted molar refractivity (Wildman–Crippen MR) is 118 cm³/mol. The molecular formula is C22H20N6O2S. The van der Waals surface area contributed by atoms with E-state index in [4.69, 9.17) is 4.98 Å². The first kappa shape index (κ1) is 18.4. The molecule has 1 aromatic carbocycles. The molecule has 2 aliphatic rings. The molecule has 0 saturated heterocycles. The quantitative estimate of drug-likeness (QED) is 0.536. The number of fused-ring (bicyclic) bond motifs is 2. The highest BCUT2D eigenvalue weighted by Crippen LogP contribution is 2.45. The highest BCUT2D eigenvalue weighted by molar-refractivity contribution is 7.03. The van der Waals surface area contributed by atoms with Gasteiger partial charge in [-0.15, -0.1) is 0 Å². The molecule has 1 amide bonds. The molecule has 0 bridgehead atoms. The molecule has 31 heavy (non-hydrogen) atoms. The first-order valence-corrected chi connectivity index (χ1v) is 11.1. The van der Waals surface area contributed by atoms with E-state index in [2.05, 4.69) is 25.0 Å². The zero-order chi connectivity index (χ0) is 21.3. The van der Waals surface area contributed by atoms with Gasteiger partial charge in [0.05, 0.1) is 17.9 Å². The van der Waals surface area contributed by atoms with Crippen LogP contribution in [-0.2, 0) is 11.3 Å². The summed E-state index contributed by atoms with van der Waals surface area (Å²) in [5.41, 5.74) is 3.65. The van der Waals surface area contributed by atoms with Gasteiger partial charge in [0.1, 0.15) is 17.6 Å². The average molecular weight is 433 g/mol. The fourth-order valence-corrected chi connectivity index (χ4v) is 4.95. The minimum Gasteiger partial charge on any atom is -0.338 e. The Morgan fingerprint density at radius 3 is 2.81 bits per heavy atom. The first-order chi connectivity index (χ1) is 15.0. The summed E-state index contributed by atoms with van der Waals surface area (Å²) >= 11 is 0.886. The van der Waals surface area contributed by atoms with E-state index in [-0.39, 0.29) is 16.8 Å². The molecule has 9 heteroatoms. The van der Waals surface area contributed by atoms with E-state index < -0.39 is 0 Å². The molecule has 1 aliphatic heterocycles. The molecule has 4 aromatic rings. The van der Waals surface area contributed by atoms with Gasteiger partial charge in [-0.25, -0.2) is 4.98 Å². The van der Waals surface area contributed by atoms with E-state index in [9.17, 15) is 9.59 Å². The minimum absolute atomic E-state index is 0.125. The summed E-state index contributed by atoms with van der Waals surface area (Å²) in [6, 6.07) is 7.79. The maximum Gasteiger partial charge on any atom is 0.323 e. The van der Waals surface area contributed by atoms with Crippen molar-refractivity contribution in [1.29, 1.82) is 0 Å². The topological polar surface area (TPSA) is 96.8 Å². The number of amides is 1. The molecule has 0 unspecified atom stereocenters. The average Bonchev–Trinajstić information content (AvgIpc) is 3.42. The lowest BCUT2D eigenvalue weighted by molar-refractivity contribution is -0.135. The van der Waals surface area contributed by atoms with Crippen LogP contribution in [0.15, 0.2) is 35.3 Å². The number of H-pyrrole nitrogens is 1. The van der Waals surface area contributed by atoms with Gasteiger partial charge in [-0.2, -0.15) is 4.37 Å². The first-order valence-electron chi connectivity index (χ1n) is 10.3. The number of likely N-dealkylation sites (N-methyl/N-ethyl adjacent to an activating group) is 1. The fraction of sp³-hybridized carbons (Fsp3) is 0.318. The molecular weight excluding hydrogens is 412 g/mol. The van der Waals surface area contributed by atoms with Crippen LogP contribution in [0, 0.1) is 0 Å². The van der Waals surface area contributed by atoms with Crippen molar-refractivity contribution in [1.82, 2.24) is 28.8 Å². The number of nitrogens with one attached hydrogen (secondary N) is 1. The van der Waals surface area contributed by atoms with Gasteiger partial charge in [0.2, 0.25) is 5.91 Å². The Morgan fingerprint density at radius 2 is 2.06 bits per heavy atom. The lowest BCUT2D eigenvalue weighted by Crippen LogP contribution is -2.39. The number of rotatable bonds is 3. The van der Waals surface area contributed by atoms with Crippen LogP contribution in [0.4, 0.5) is 0 Å². The second-order valence-electron chi connectivity index (χ2n) is 8.32. The van der Waals surface area contributed by atoms with Gasteiger partial charge < -0.3 is 9.47 Å². The van der Waals surface area contributed by atoms with Crippen molar-refractivity contribution in [3.8, 4) is 22.8 Å². The van der Waals surface area contributed by atoms with Gasteiger partial charge in [0, 0.05) is 41.6 Å². The Balaban J connectivity index is 1.54. The Labute approximate surface area is 181 Å². The zero-order valence-corrected chi connectivity index (χ0v) is 17.9. The number of pyridine rings is 1. The monoisotopic (exact) mass is 432 g/mol. The molecule has 0 radical (unpaired) electrons. The molecule has 156 valence electrons. The van der Waals surface area contributed by atoms with E-state index in [0.29, 0.717) is 24.0 Å². The molecule has 1 saturated carbocycles. The molecule has 1 N–H and O–H groups in total. The predicted octanol–water partition coefficient (Wildman–Crippen LogP) is 3.32. The highest BCUT2D eigenvalue weighted by atomic mass is 32.1. The number of aromatic amines is 1. The van der Waals surface area contributed by atoms with Crippen molar-refractivity contribution in [3.63, 3.8) is 0 Å². The number of benzene rings is 1. The Hall–Kier alpha value is -3.33. The fourth-order valence-electron chi connectivity index (χ4n) is 4.49. The summed E-state index contributed by atoms with van der Waals surface area (Å²) < 4.78 is 6.31. The Bertz CT molecular complexity index is 1410. The van der Waals surface area contributed by atoms with E-state index in [1.165, 1.54) is 0 Å². The van der Waals surface area contributed by atoms with E-state index in [1.54, 1.807) is 4.90 Å². The SMILES string of the molecule is C[C@@H]1C(=O)N(C)Cc2c(-c3cccc4cc(-c5nsc(=O)[nH]5)ncc34)nc(C3CC3)n21. The van der Waals surface area contributed by atoms with Crippen molar-refractivity contribution >= 4 is 28.2 Å². The molecule has 1 aliphatic carbocycles. The molecule has 6 rings (SSSR count). The summed E-state index contributed by atoms with van der Waals surface area (Å²) in [6.07, 6.45) is 4.07. The van der Waals surface area contributed by atoms with Crippen molar-refractivity contribution < 1.29 is 4.79 Å². The Kier molecular flexibility index (Phi) is 3.92. The van der Waals surface area contributed by atoms with Gasteiger partial charge in [0.15, 0.2) is 5.82 Å². The van der Waals surface area contributed by atoms with Crippen molar-refractivity contribution in [3.05, 3.63) is 51.6 Å². The summed E-state index contributed by atoms with van der Waals surface area (Å²) in [7, 11) is 1.85. The number of imidazole rings is 1. The van der Waals surface area contributed by atoms with Crippen LogP contribution < -0.4 is 4.87 Å². The summed E-state index contributed by atoms with van der Waals surface area (Å²) in [5.74, 6) is 2.07. The standard InChI is InChI=1S/C22H20N6O2S/c1-11-21(29)27(2)10-17-18(24-20(28(11)17)12-6-7-12)14-5-3-4-13-8-16(23-9-15(13)14)19-25-22(30)31-26-19/h3-5,8-9,11-12H,6-7,10H2,1-2H3,(H,25,26,30)/t11-/m1/s1. The number of nitrogens with zero attached hydrogens (tertiary/aromatic N) is 5. The number of carbonyl (C=O) groups is 1. The van der Waals surface area contributed by atoms with Crippen molar-refractivity contribution in [2.45, 2.75) is 38.3 Å². The molecule has 4 heterocycles. The third-order valence-electron chi connectivity index (χ3n) is 6.19. The third kappa shape index (κ3) is 2.83. The summed E-state index contributed by atoms with van der Waals surface area (Å²) in [5, 5.41) is 1.98. The molecule has 3 aromatic heterocycles. The normalized spacial score (nSPS) is 18.6. The van der Waals surface area contributed by atoms with Gasteiger partial charge in [-0.05, 0) is 31.2 Å². The van der Waals surface area contributed by atoms with Gasteiger partial charge >= 0.3 is 4.87 Å². The lowest BCUT2D eigenvalue weighted by Gasteiger charge is -2.31. The van der Waals surface area contributed by atoms with Crippen LogP contribution in [0.25, 0.3) is 33.5 Å². The summed E-state index contributed by atoms with van der Waals surface area (Å²) in [4.78, 5) is 38.1. The van der Waals surface area contributed by atoms with Crippen LogP contribution in [0.1, 0.15) is 43.2 Å². The Morgan fingerprint density at radius 1 is 1.23 bits per heavy atom. The smallest absolute Gasteiger partial charge is 0.323 e. The van der Waals surface area contributed by atoms with Crippen LogP contribution in [0.2, 0.25) is 0 Å². The number of hydrogen-bond acceptors (Lipinski definition) is 6. The van der Waals surface area contributed by atoms with Gasteiger partial charge in [-0.1, -0.05) is 18.2 Å². The highest BCUT2D eigenvalue weighted by Gasteiger charge is 2.38. The van der Waals surface area contributed by atoms with E-state index >= 15 is 0 Å². The van der Waals surface area contributed by atoms with Crippen molar-refractivity contribution in [2.75, 3.05) is 7.05 Å². The van der Waals surface area contributed by atoms with Crippen LogP contribution in [0.5, 0.6) is 0 Å². The molecule has 0 spiro atoms. The second kappa shape index (κ2) is 6.58. The summed E-state index contributed by atoms with van der Waals surface area (Å²) in [6.45, 7) is 2.50. The zero-order valence-electron chi connectivity index (χ0n) is 17.1. The van der Waals surface area contributed by atoms with Crippen LogP contribution >= 0.6 is 11.5 Å². The van der Waals surface area contributed by atoms with Gasteiger partial charge in [0.25, 0.3) is 0 Å². The number of hydrogen-bond donors (Lipinski definition) is 1. The maximum atomic E-state index is 12.7. The van der Waals surface area contributed by atoms with Crippen LogP contribution in [0.3, 0.4) is 0 Å².